The minimum absolute atomic E-state index is 0.0172. The molecule has 1 aromatic carbocycles. The van der Waals surface area contributed by atoms with E-state index in [1.165, 1.54) is 4.90 Å². The third-order valence-corrected chi connectivity index (χ3v) is 4.32. The topological polar surface area (TPSA) is 154 Å². The van der Waals surface area contributed by atoms with E-state index in [1.54, 1.807) is 31.3 Å². The first-order valence-electron chi connectivity index (χ1n) is 10.1. The van der Waals surface area contributed by atoms with Crippen LogP contribution in [0.2, 0.25) is 0 Å². The molecule has 0 aliphatic heterocycles. The molecule has 0 aliphatic rings. The van der Waals surface area contributed by atoms with Gasteiger partial charge in [-0.25, -0.2) is 0 Å². The summed E-state index contributed by atoms with van der Waals surface area (Å²) in [6.45, 7) is 0.441. The zero-order chi connectivity index (χ0) is 23.8. The molecule has 0 saturated heterocycles. The maximum atomic E-state index is 12.7. The highest BCUT2D eigenvalue weighted by atomic mass is 16.2. The number of anilines is 1. The van der Waals surface area contributed by atoms with Crippen LogP contribution in [-0.2, 0) is 35.3 Å². The Morgan fingerprint density at radius 1 is 1.06 bits per heavy atom. The van der Waals surface area contributed by atoms with Gasteiger partial charge in [0, 0.05) is 38.7 Å². The van der Waals surface area contributed by atoms with Crippen LogP contribution in [0.15, 0.2) is 24.3 Å². The van der Waals surface area contributed by atoms with Gasteiger partial charge in [-0.05, 0) is 30.5 Å². The number of nitrogens with zero attached hydrogens (tertiary/aromatic N) is 1. The third kappa shape index (κ3) is 10.9. The molecular weight excluding hydrogens is 418 g/mol. The summed E-state index contributed by atoms with van der Waals surface area (Å²) >= 11 is 0. The highest BCUT2D eigenvalue weighted by Crippen LogP contribution is 2.12. The molecule has 4 N–H and O–H groups in total. The summed E-state index contributed by atoms with van der Waals surface area (Å²) in [7, 11) is 1.65. The van der Waals surface area contributed by atoms with E-state index < -0.39 is 23.8 Å². The van der Waals surface area contributed by atoms with Crippen LogP contribution in [0.3, 0.4) is 0 Å². The summed E-state index contributed by atoms with van der Waals surface area (Å²) in [5.74, 6) is -1.45. The number of rotatable bonds is 16. The lowest BCUT2D eigenvalue weighted by Gasteiger charge is -2.19. The van der Waals surface area contributed by atoms with Crippen LogP contribution >= 0.6 is 0 Å². The Balaban J connectivity index is 2.68. The van der Waals surface area contributed by atoms with Crippen LogP contribution in [0, 0.1) is 0 Å². The van der Waals surface area contributed by atoms with E-state index in [2.05, 4.69) is 21.3 Å². The lowest BCUT2D eigenvalue weighted by molar-refractivity contribution is -0.128. The highest BCUT2D eigenvalue weighted by molar-refractivity contribution is 5.97. The molecule has 174 valence electrons. The predicted molar refractivity (Wildman–Crippen MR) is 116 cm³/mol. The molecule has 0 aliphatic carbocycles. The van der Waals surface area contributed by atoms with Gasteiger partial charge in [0.05, 0.1) is 6.54 Å². The molecule has 5 amide bonds. The SMILES string of the molecule is CN(C=O)Cc1ccc(NC(=O)C(CCCNC=O)NC(=O)CNC(=O)CCC=O)cc1. The van der Waals surface area contributed by atoms with Gasteiger partial charge in [-0.3, -0.25) is 24.0 Å². The van der Waals surface area contributed by atoms with Gasteiger partial charge in [-0.2, -0.15) is 0 Å². The molecule has 1 atom stereocenters. The molecule has 0 aromatic heterocycles. The molecule has 0 saturated carbocycles. The summed E-state index contributed by atoms with van der Waals surface area (Å²) in [4.78, 5) is 69.3. The molecule has 11 heteroatoms. The van der Waals surface area contributed by atoms with Gasteiger partial charge < -0.3 is 31.0 Å². The van der Waals surface area contributed by atoms with Crippen molar-refractivity contribution in [1.82, 2.24) is 20.9 Å². The summed E-state index contributed by atoms with van der Waals surface area (Å²) in [5.41, 5.74) is 1.40. The Morgan fingerprint density at radius 3 is 2.41 bits per heavy atom. The van der Waals surface area contributed by atoms with Gasteiger partial charge >= 0.3 is 0 Å². The van der Waals surface area contributed by atoms with Crippen molar-refractivity contribution in [1.29, 1.82) is 0 Å². The van der Waals surface area contributed by atoms with Crippen LogP contribution in [0.1, 0.15) is 31.2 Å². The molecule has 1 unspecified atom stereocenters. The largest absolute Gasteiger partial charge is 0.359 e. The molecule has 32 heavy (non-hydrogen) atoms. The molecule has 0 spiro atoms. The molecule has 1 aromatic rings. The van der Waals surface area contributed by atoms with Gasteiger partial charge in [0.15, 0.2) is 0 Å². The molecule has 11 nitrogen and oxygen atoms in total. The van der Waals surface area contributed by atoms with E-state index in [0.29, 0.717) is 44.3 Å². The van der Waals surface area contributed by atoms with E-state index in [1.807, 2.05) is 0 Å². The molecule has 0 bridgehead atoms. The van der Waals surface area contributed by atoms with Crippen LogP contribution in [-0.4, -0.2) is 67.9 Å². The second-order valence-electron chi connectivity index (χ2n) is 7.02. The van der Waals surface area contributed by atoms with E-state index in [9.17, 15) is 28.8 Å². The molecular formula is C21H29N5O6. The van der Waals surface area contributed by atoms with Gasteiger partial charge in [0.1, 0.15) is 12.3 Å². The second kappa shape index (κ2) is 15.1. The first kappa shape index (κ1) is 26.3. The van der Waals surface area contributed by atoms with Crippen molar-refractivity contribution in [3.05, 3.63) is 29.8 Å². The number of nitrogens with one attached hydrogen (secondary N) is 4. The van der Waals surface area contributed by atoms with Crippen molar-refractivity contribution in [3.63, 3.8) is 0 Å². The summed E-state index contributed by atoms with van der Waals surface area (Å²) in [6, 6.07) is 6.03. The zero-order valence-electron chi connectivity index (χ0n) is 18.0. The van der Waals surface area contributed by atoms with Crippen molar-refractivity contribution in [3.8, 4) is 0 Å². The number of carbonyl (C=O) groups is 6. The van der Waals surface area contributed by atoms with Crippen LogP contribution in [0.4, 0.5) is 5.69 Å². The first-order valence-corrected chi connectivity index (χ1v) is 10.1. The maximum absolute atomic E-state index is 12.7. The fourth-order valence-corrected chi connectivity index (χ4v) is 2.69. The van der Waals surface area contributed by atoms with Gasteiger partial charge in [0.2, 0.25) is 30.5 Å². The fourth-order valence-electron chi connectivity index (χ4n) is 2.69. The Kier molecular flexibility index (Phi) is 12.4. The standard InChI is InChI=1S/C21H29N5O6/c1-26(15-29)13-16-6-8-17(9-7-16)24-21(32)18(4-2-10-22-14-28)25-20(31)12-23-19(30)5-3-11-27/h6-9,11,14-15,18H,2-5,10,12-13H2,1H3,(H,22,28)(H,23,30)(H,24,32)(H,25,31). The lowest BCUT2D eigenvalue weighted by Crippen LogP contribution is -2.47. The van der Waals surface area contributed by atoms with Gasteiger partial charge in [-0.15, -0.1) is 0 Å². The van der Waals surface area contributed by atoms with E-state index in [4.69, 9.17) is 0 Å². The van der Waals surface area contributed by atoms with Crippen LogP contribution in [0.5, 0.6) is 0 Å². The van der Waals surface area contributed by atoms with E-state index >= 15 is 0 Å². The summed E-state index contributed by atoms with van der Waals surface area (Å²) in [6.07, 6.45) is 2.63. The highest BCUT2D eigenvalue weighted by Gasteiger charge is 2.21. The van der Waals surface area contributed by atoms with Gasteiger partial charge in [-0.1, -0.05) is 12.1 Å². The minimum atomic E-state index is -0.885. The minimum Gasteiger partial charge on any atom is -0.359 e. The van der Waals surface area contributed by atoms with Crippen molar-refractivity contribution >= 4 is 42.5 Å². The Labute approximate surface area is 186 Å². The fraction of sp³-hybridized carbons (Fsp3) is 0.429. The zero-order valence-corrected chi connectivity index (χ0v) is 18.0. The van der Waals surface area contributed by atoms with Crippen molar-refractivity contribution in [2.24, 2.45) is 0 Å². The number of hydrogen-bond donors (Lipinski definition) is 4. The third-order valence-electron chi connectivity index (χ3n) is 4.32. The quantitative estimate of drug-likeness (QED) is 0.194. The molecule has 1 rings (SSSR count). The Hall–Kier alpha value is -3.76. The predicted octanol–water partition coefficient (Wildman–Crippen LogP) is -0.680. The van der Waals surface area contributed by atoms with Crippen molar-refractivity contribution < 1.29 is 28.8 Å². The van der Waals surface area contributed by atoms with Crippen LogP contribution in [0.25, 0.3) is 0 Å². The van der Waals surface area contributed by atoms with E-state index in [0.717, 1.165) is 5.56 Å². The average molecular weight is 447 g/mol. The smallest absolute Gasteiger partial charge is 0.246 e. The first-order chi connectivity index (χ1) is 15.4. The van der Waals surface area contributed by atoms with Crippen molar-refractivity contribution in [2.45, 2.75) is 38.3 Å². The summed E-state index contributed by atoms with van der Waals surface area (Å²) < 4.78 is 0. The average Bonchev–Trinajstić information content (AvgIpc) is 2.79. The number of amides is 5. The number of carbonyl (C=O) groups excluding carboxylic acids is 6. The van der Waals surface area contributed by atoms with E-state index in [-0.39, 0.29) is 25.8 Å². The normalized spacial score (nSPS) is 10.9. The Bertz CT molecular complexity index is 783. The summed E-state index contributed by atoms with van der Waals surface area (Å²) in [5, 5.41) is 10.2. The number of hydrogen-bond acceptors (Lipinski definition) is 6. The molecule has 0 heterocycles. The molecule has 0 fully saturated rings. The Morgan fingerprint density at radius 2 is 1.78 bits per heavy atom. The number of aldehydes is 1. The second-order valence-corrected chi connectivity index (χ2v) is 7.02. The monoisotopic (exact) mass is 447 g/mol. The van der Waals surface area contributed by atoms with Crippen molar-refractivity contribution in [2.75, 3.05) is 25.5 Å². The molecule has 0 radical (unpaired) electrons. The lowest BCUT2D eigenvalue weighted by atomic mass is 10.1. The maximum Gasteiger partial charge on any atom is 0.246 e. The van der Waals surface area contributed by atoms with Gasteiger partial charge in [0.25, 0.3) is 0 Å². The number of benzene rings is 1. The van der Waals surface area contributed by atoms with Crippen LogP contribution < -0.4 is 21.3 Å².